The van der Waals surface area contributed by atoms with E-state index in [1.54, 1.807) is 0 Å². The van der Waals surface area contributed by atoms with E-state index in [4.69, 9.17) is 9.47 Å². The molecule has 0 saturated heterocycles. The van der Waals surface area contributed by atoms with E-state index >= 15 is 0 Å². The molecule has 0 amide bonds. The Morgan fingerprint density at radius 1 is 1.03 bits per heavy atom. The minimum Gasteiger partial charge on any atom is -0.463 e. The first-order valence-corrected chi connectivity index (χ1v) is 14.6. The zero-order valence-corrected chi connectivity index (χ0v) is 23.7. The molecule has 3 saturated carbocycles. The number of aliphatic hydroxyl groups excluding tert-OH is 1. The first-order valence-electron chi connectivity index (χ1n) is 14.6. The van der Waals surface area contributed by atoms with E-state index in [0.717, 1.165) is 31.6 Å². The highest BCUT2D eigenvalue weighted by atomic mass is 16.5. The number of fused-ring (bicyclic) bond motifs is 5. The number of carbonyl (C=O) groups excluding carboxylic acids is 2. The van der Waals surface area contributed by atoms with Crippen molar-refractivity contribution in [2.24, 2.45) is 46.3 Å². The molecule has 4 rings (SSSR count). The van der Waals surface area contributed by atoms with Gasteiger partial charge in [0.2, 0.25) is 0 Å². The summed E-state index contributed by atoms with van der Waals surface area (Å²) >= 11 is 0. The predicted molar refractivity (Wildman–Crippen MR) is 141 cm³/mol. The quantitative estimate of drug-likeness (QED) is 0.319. The van der Waals surface area contributed by atoms with Gasteiger partial charge in [-0.05, 0) is 79.1 Å². The summed E-state index contributed by atoms with van der Waals surface area (Å²) in [5, 5.41) is 11.8. The summed E-state index contributed by atoms with van der Waals surface area (Å²) in [4.78, 5) is 23.8. The molecule has 0 aliphatic heterocycles. The van der Waals surface area contributed by atoms with Crippen molar-refractivity contribution in [3.63, 3.8) is 0 Å². The number of hydrogen-bond acceptors (Lipinski definition) is 5. The second kappa shape index (κ2) is 10.4. The molecule has 0 aromatic carbocycles. The van der Waals surface area contributed by atoms with Crippen LogP contribution in [-0.2, 0) is 19.1 Å². The van der Waals surface area contributed by atoms with Gasteiger partial charge in [-0.25, -0.2) is 0 Å². The lowest BCUT2D eigenvalue weighted by molar-refractivity contribution is -0.170. The van der Waals surface area contributed by atoms with Crippen LogP contribution in [-0.4, -0.2) is 35.4 Å². The molecule has 0 heterocycles. The molecule has 36 heavy (non-hydrogen) atoms. The number of aliphatic hydroxyl groups is 1. The van der Waals surface area contributed by atoms with Crippen molar-refractivity contribution in [2.45, 2.75) is 125 Å². The van der Waals surface area contributed by atoms with Crippen molar-refractivity contribution in [3.05, 3.63) is 11.6 Å². The van der Waals surface area contributed by atoms with Crippen LogP contribution in [0.1, 0.15) is 106 Å². The highest BCUT2D eigenvalue weighted by Crippen LogP contribution is 2.67. The van der Waals surface area contributed by atoms with E-state index < -0.39 is 6.10 Å². The third-order valence-electron chi connectivity index (χ3n) is 10.8. The Bertz CT molecular complexity index is 863. The number of ether oxygens (including phenoxy) is 2. The molecule has 0 bridgehead atoms. The molecule has 0 radical (unpaired) electrons. The monoisotopic (exact) mass is 502 g/mol. The third kappa shape index (κ3) is 5.02. The van der Waals surface area contributed by atoms with Crippen molar-refractivity contribution in [2.75, 3.05) is 0 Å². The number of carbonyl (C=O) groups is 2. The van der Waals surface area contributed by atoms with Crippen LogP contribution in [0, 0.1) is 46.3 Å². The number of hydrogen-bond donors (Lipinski definition) is 1. The van der Waals surface area contributed by atoms with Gasteiger partial charge in [0.1, 0.15) is 12.2 Å². The maximum atomic E-state index is 12.2. The summed E-state index contributed by atoms with van der Waals surface area (Å²) in [5.74, 6) is 2.05. The highest BCUT2D eigenvalue weighted by molar-refractivity contribution is 5.67. The molecule has 5 heteroatoms. The van der Waals surface area contributed by atoms with Crippen molar-refractivity contribution >= 4 is 11.9 Å². The zero-order chi connectivity index (χ0) is 26.4. The van der Waals surface area contributed by atoms with E-state index in [9.17, 15) is 14.7 Å². The Morgan fingerprint density at radius 3 is 2.36 bits per heavy atom. The summed E-state index contributed by atoms with van der Waals surface area (Å²) in [6.45, 7) is 14.7. The van der Waals surface area contributed by atoms with Crippen LogP contribution < -0.4 is 0 Å². The SMILES string of the molecule is CC(=O)O[C@H]1CC[C@@]2(C)[C@H](C1)[C@@H](OC(C)=O)C=C1[C@@H]2[C@H](O)C[C@]2(C)[C@@H]([C@H](C)CCCC(C)C)CC[C@@H]12. The van der Waals surface area contributed by atoms with Gasteiger partial charge in [0.25, 0.3) is 0 Å². The lowest BCUT2D eigenvalue weighted by Crippen LogP contribution is -2.58. The molecule has 0 aromatic rings. The minimum absolute atomic E-state index is 0.0411. The Labute approximate surface area is 218 Å². The second-order valence-corrected chi connectivity index (χ2v) is 13.7. The van der Waals surface area contributed by atoms with Crippen LogP contribution in [0.5, 0.6) is 0 Å². The van der Waals surface area contributed by atoms with Crippen molar-refractivity contribution in [1.82, 2.24) is 0 Å². The van der Waals surface area contributed by atoms with E-state index in [0.29, 0.717) is 24.2 Å². The third-order valence-corrected chi connectivity index (χ3v) is 10.8. The zero-order valence-electron chi connectivity index (χ0n) is 23.7. The fourth-order valence-electron chi connectivity index (χ4n) is 9.31. The summed E-state index contributed by atoms with van der Waals surface area (Å²) in [7, 11) is 0. The fraction of sp³-hybridized carbons (Fsp3) is 0.871. The lowest BCUT2D eigenvalue weighted by Gasteiger charge is -2.60. The number of esters is 2. The molecule has 4 aliphatic rings. The van der Waals surface area contributed by atoms with Crippen LogP contribution in [0.3, 0.4) is 0 Å². The maximum absolute atomic E-state index is 12.2. The molecule has 1 N–H and O–H groups in total. The van der Waals surface area contributed by atoms with E-state index in [2.05, 4.69) is 40.7 Å². The standard InChI is InChI=1S/C31H50O5/c1-18(2)9-8-10-19(3)24-11-12-25-23-16-28(36-21(5)33)26-15-22(35-20(4)32)13-14-30(26,6)29(23)27(34)17-31(24,25)7/h16,18-19,22,24-29,34H,8-15,17H2,1-7H3/t19-,22+,24-,25+,26-,27-,28+,29-,30+,31-/m1/s1. The van der Waals surface area contributed by atoms with Gasteiger partial charge in [-0.2, -0.15) is 0 Å². The van der Waals surface area contributed by atoms with Gasteiger partial charge < -0.3 is 14.6 Å². The van der Waals surface area contributed by atoms with Crippen LogP contribution in [0.4, 0.5) is 0 Å². The first-order chi connectivity index (χ1) is 16.9. The van der Waals surface area contributed by atoms with Gasteiger partial charge in [0.05, 0.1) is 6.10 Å². The highest BCUT2D eigenvalue weighted by Gasteiger charge is 2.63. The largest absolute Gasteiger partial charge is 0.463 e. The molecular formula is C31H50O5. The number of rotatable bonds is 7. The van der Waals surface area contributed by atoms with Gasteiger partial charge in [0.15, 0.2) is 0 Å². The topological polar surface area (TPSA) is 72.8 Å². The summed E-state index contributed by atoms with van der Waals surface area (Å²) < 4.78 is 11.6. The van der Waals surface area contributed by atoms with Crippen molar-refractivity contribution in [1.29, 1.82) is 0 Å². The van der Waals surface area contributed by atoms with Gasteiger partial charge in [-0.3, -0.25) is 9.59 Å². The van der Waals surface area contributed by atoms with Crippen molar-refractivity contribution < 1.29 is 24.2 Å². The average Bonchev–Trinajstić information content (AvgIpc) is 3.10. The maximum Gasteiger partial charge on any atom is 0.303 e. The molecule has 10 atom stereocenters. The van der Waals surface area contributed by atoms with Crippen molar-refractivity contribution in [3.8, 4) is 0 Å². The van der Waals surface area contributed by atoms with E-state index in [1.165, 1.54) is 45.1 Å². The Kier molecular flexibility index (Phi) is 8.01. The minimum atomic E-state index is -0.392. The van der Waals surface area contributed by atoms with Gasteiger partial charge in [0, 0.05) is 25.7 Å². The van der Waals surface area contributed by atoms with Gasteiger partial charge in [-0.15, -0.1) is 0 Å². The van der Waals surface area contributed by atoms with E-state index in [-0.39, 0.29) is 46.8 Å². The van der Waals surface area contributed by atoms with Crippen LogP contribution >= 0.6 is 0 Å². The Hall–Kier alpha value is -1.36. The van der Waals surface area contributed by atoms with Gasteiger partial charge in [-0.1, -0.05) is 59.5 Å². The summed E-state index contributed by atoms with van der Waals surface area (Å²) in [5.41, 5.74) is 1.25. The summed E-state index contributed by atoms with van der Waals surface area (Å²) in [6.07, 6.45) is 10.8. The molecule has 0 aromatic heterocycles. The summed E-state index contributed by atoms with van der Waals surface area (Å²) in [6, 6.07) is 0. The average molecular weight is 503 g/mol. The lowest BCUT2D eigenvalue weighted by atomic mass is 9.46. The molecule has 5 nitrogen and oxygen atoms in total. The molecule has 4 aliphatic carbocycles. The molecule has 204 valence electrons. The van der Waals surface area contributed by atoms with Crippen LogP contribution in [0.15, 0.2) is 11.6 Å². The first kappa shape index (κ1) is 27.7. The van der Waals surface area contributed by atoms with Crippen LogP contribution in [0.25, 0.3) is 0 Å². The normalized spacial score (nSPS) is 42.6. The van der Waals surface area contributed by atoms with E-state index in [1.807, 2.05) is 0 Å². The molecule has 3 fully saturated rings. The Morgan fingerprint density at radius 2 is 1.72 bits per heavy atom. The smallest absolute Gasteiger partial charge is 0.303 e. The van der Waals surface area contributed by atoms with Gasteiger partial charge >= 0.3 is 11.9 Å². The molecular weight excluding hydrogens is 452 g/mol. The van der Waals surface area contributed by atoms with Crippen LogP contribution in [0.2, 0.25) is 0 Å². The molecule has 0 unspecified atom stereocenters. The Balaban J connectivity index is 1.64. The molecule has 0 spiro atoms. The fourth-order valence-corrected chi connectivity index (χ4v) is 9.31. The predicted octanol–water partition coefficient (Wildman–Crippen LogP) is 6.47. The second-order valence-electron chi connectivity index (χ2n) is 13.7.